The fourth-order valence-electron chi connectivity index (χ4n) is 5.79. The summed E-state index contributed by atoms with van der Waals surface area (Å²) in [4.78, 5) is 30.3. The number of methoxy groups -OCH3 is 1. The van der Waals surface area contributed by atoms with Crippen LogP contribution in [-0.2, 0) is 20.0 Å². The summed E-state index contributed by atoms with van der Waals surface area (Å²) in [5, 5.41) is -2.69. The van der Waals surface area contributed by atoms with E-state index < -0.39 is 38.1 Å². The molecule has 0 saturated heterocycles. The Balaban J connectivity index is 1.55. The smallest absolute Gasteiger partial charge is 0.230 e. The zero-order chi connectivity index (χ0) is 33.2. The predicted molar refractivity (Wildman–Crippen MR) is 179 cm³/mol. The van der Waals surface area contributed by atoms with E-state index in [9.17, 15) is 13.2 Å². The van der Waals surface area contributed by atoms with Crippen molar-refractivity contribution >= 4 is 43.1 Å². The molecule has 0 spiro atoms. The molecule has 0 bridgehead atoms. The van der Waals surface area contributed by atoms with Crippen LogP contribution in [0, 0.1) is 11.7 Å². The molecule has 0 atom stereocenters. The fraction of sp³-hybridized carbons (Fsp3) is 0.333. The standard InChI is InChI=1S/C33H34B2FN5O4S/c1-40(2)29-12-8-25(20-39-29)22-7-11-27(28(36)17-22)33(34,35)41(32(42)21-5-9-26(10-6-21)46(4,43)44)30-18-23(13-15-37-30)24-14-16-38-31(19-24)45-3/h7-8,11-21,26H,5-6,9-10H2,1-4H3. The summed E-state index contributed by atoms with van der Waals surface area (Å²) < 4.78 is 45.6. The van der Waals surface area contributed by atoms with Crippen LogP contribution in [0.25, 0.3) is 22.3 Å². The van der Waals surface area contributed by atoms with Crippen molar-refractivity contribution in [2.75, 3.05) is 37.3 Å². The molecule has 1 aromatic carbocycles. The Morgan fingerprint density at radius 3 is 2.09 bits per heavy atom. The summed E-state index contributed by atoms with van der Waals surface area (Å²) in [6.45, 7) is 0. The van der Waals surface area contributed by atoms with Gasteiger partial charge in [-0.1, -0.05) is 12.1 Å². The van der Waals surface area contributed by atoms with Gasteiger partial charge in [0.1, 0.15) is 27.3 Å². The second-order valence-corrected chi connectivity index (χ2v) is 14.1. The zero-order valence-electron chi connectivity index (χ0n) is 26.2. The van der Waals surface area contributed by atoms with Gasteiger partial charge in [0.25, 0.3) is 0 Å². The molecule has 13 heteroatoms. The number of benzene rings is 1. The summed E-state index contributed by atoms with van der Waals surface area (Å²) in [5.74, 6) is -0.524. The Kier molecular flexibility index (Phi) is 9.53. The van der Waals surface area contributed by atoms with Gasteiger partial charge < -0.3 is 14.5 Å². The van der Waals surface area contributed by atoms with Gasteiger partial charge in [-0.15, -0.1) is 0 Å². The number of anilines is 2. The molecule has 46 heavy (non-hydrogen) atoms. The molecule has 4 radical (unpaired) electrons. The van der Waals surface area contributed by atoms with Crippen molar-refractivity contribution in [1.29, 1.82) is 0 Å². The van der Waals surface area contributed by atoms with Crippen molar-refractivity contribution in [3.8, 4) is 28.1 Å². The topological polar surface area (TPSA) is 106 Å². The largest absolute Gasteiger partial charge is 0.481 e. The third-order valence-electron chi connectivity index (χ3n) is 8.41. The van der Waals surface area contributed by atoms with Crippen LogP contribution in [-0.4, -0.2) is 77.7 Å². The first-order valence-electron chi connectivity index (χ1n) is 14.8. The molecule has 1 fully saturated rings. The average Bonchev–Trinajstić information content (AvgIpc) is 3.04. The Bertz CT molecular complexity index is 1830. The minimum Gasteiger partial charge on any atom is -0.481 e. The van der Waals surface area contributed by atoms with Crippen molar-refractivity contribution in [2.24, 2.45) is 5.92 Å². The number of rotatable bonds is 9. The van der Waals surface area contributed by atoms with Gasteiger partial charge in [0.2, 0.25) is 11.8 Å². The summed E-state index contributed by atoms with van der Waals surface area (Å²) >= 11 is 0. The molecule has 234 valence electrons. The van der Waals surface area contributed by atoms with Crippen LogP contribution >= 0.6 is 0 Å². The molecule has 5 rings (SSSR count). The Labute approximate surface area is 272 Å². The summed E-state index contributed by atoms with van der Waals surface area (Å²) in [7, 11) is 15.5. The van der Waals surface area contributed by atoms with Gasteiger partial charge in [-0.3, -0.25) is 4.79 Å². The highest BCUT2D eigenvalue weighted by Gasteiger charge is 2.41. The molecule has 1 aliphatic carbocycles. The number of pyridine rings is 3. The number of amides is 1. The van der Waals surface area contributed by atoms with E-state index in [1.165, 1.54) is 31.7 Å². The number of hydrogen-bond acceptors (Lipinski definition) is 8. The third kappa shape index (κ3) is 6.94. The zero-order valence-corrected chi connectivity index (χ0v) is 27.0. The van der Waals surface area contributed by atoms with E-state index in [-0.39, 0.29) is 11.4 Å². The third-order valence-corrected chi connectivity index (χ3v) is 10.1. The number of carbonyl (C=O) groups excluding carboxylic acids is 1. The first-order chi connectivity index (χ1) is 21.8. The highest BCUT2D eigenvalue weighted by Crippen LogP contribution is 2.37. The lowest BCUT2D eigenvalue weighted by Gasteiger charge is -2.42. The Hall–Kier alpha value is -4.25. The van der Waals surface area contributed by atoms with Crippen LogP contribution in [0.2, 0.25) is 0 Å². The number of carbonyl (C=O) groups is 1. The molecule has 1 saturated carbocycles. The second-order valence-electron chi connectivity index (χ2n) is 11.8. The minimum absolute atomic E-state index is 0.112. The molecule has 4 aromatic rings. The Morgan fingerprint density at radius 2 is 1.50 bits per heavy atom. The molecule has 0 unspecified atom stereocenters. The summed E-state index contributed by atoms with van der Waals surface area (Å²) in [5.41, 5.74) is 2.53. The molecule has 3 heterocycles. The van der Waals surface area contributed by atoms with Crippen LogP contribution in [0.1, 0.15) is 31.2 Å². The SMILES string of the molecule is [B]C([B])(c1ccc(-c2ccc(N(C)C)nc2)cc1F)N(C(=O)C1CCC(S(C)(=O)=O)CC1)c1cc(-c2ccnc(OC)c2)ccn1. The van der Waals surface area contributed by atoms with Gasteiger partial charge in [-0.25, -0.2) is 27.8 Å². The lowest BCUT2D eigenvalue weighted by Crippen LogP contribution is -2.54. The minimum atomic E-state index is -3.26. The number of aromatic nitrogens is 3. The van der Waals surface area contributed by atoms with Crippen molar-refractivity contribution in [2.45, 2.75) is 36.3 Å². The van der Waals surface area contributed by atoms with Crippen LogP contribution in [0.15, 0.2) is 73.2 Å². The summed E-state index contributed by atoms with van der Waals surface area (Å²) in [6, 6.07) is 15.0. The molecular weight excluding hydrogens is 603 g/mol. The molecule has 1 aliphatic rings. The van der Waals surface area contributed by atoms with Gasteiger partial charge >= 0.3 is 0 Å². The number of ether oxygens (including phenoxy) is 1. The lowest BCUT2D eigenvalue weighted by molar-refractivity contribution is -0.123. The van der Waals surface area contributed by atoms with E-state index in [2.05, 4.69) is 15.0 Å². The highest BCUT2D eigenvalue weighted by molar-refractivity contribution is 7.91. The van der Waals surface area contributed by atoms with E-state index in [1.54, 1.807) is 42.7 Å². The van der Waals surface area contributed by atoms with Crippen LogP contribution in [0.4, 0.5) is 16.0 Å². The van der Waals surface area contributed by atoms with Gasteiger partial charge in [0, 0.05) is 56.5 Å². The van der Waals surface area contributed by atoms with E-state index in [4.69, 9.17) is 20.4 Å². The molecule has 9 nitrogen and oxygen atoms in total. The van der Waals surface area contributed by atoms with E-state index >= 15 is 4.39 Å². The van der Waals surface area contributed by atoms with Crippen LogP contribution < -0.4 is 14.5 Å². The van der Waals surface area contributed by atoms with Crippen LogP contribution in [0.5, 0.6) is 5.88 Å². The number of nitrogens with zero attached hydrogens (tertiary/aromatic N) is 5. The predicted octanol–water partition coefficient (Wildman–Crippen LogP) is 4.50. The summed E-state index contributed by atoms with van der Waals surface area (Å²) in [6.07, 6.45) is 7.21. The first-order valence-corrected chi connectivity index (χ1v) is 16.8. The van der Waals surface area contributed by atoms with Gasteiger partial charge in [-0.2, -0.15) is 0 Å². The molecule has 0 aliphatic heterocycles. The van der Waals surface area contributed by atoms with Crippen molar-refractivity contribution < 1.29 is 22.3 Å². The molecular formula is C33H34B2FN5O4S. The lowest BCUT2D eigenvalue weighted by atomic mass is 9.56. The number of halogens is 1. The fourth-order valence-corrected chi connectivity index (χ4v) is 6.92. The van der Waals surface area contributed by atoms with E-state index in [0.717, 1.165) is 16.3 Å². The van der Waals surface area contributed by atoms with Crippen molar-refractivity contribution in [3.05, 3.63) is 84.6 Å². The quantitative estimate of drug-likeness (QED) is 0.247. The average molecular weight is 637 g/mol. The Morgan fingerprint density at radius 1 is 0.870 bits per heavy atom. The number of sulfone groups is 1. The van der Waals surface area contributed by atoms with E-state index in [1.807, 2.05) is 31.1 Å². The maximum atomic E-state index is 16.0. The maximum absolute atomic E-state index is 16.0. The normalized spacial score (nSPS) is 16.9. The monoisotopic (exact) mass is 637 g/mol. The van der Waals surface area contributed by atoms with Gasteiger partial charge in [0.15, 0.2) is 0 Å². The molecule has 3 aromatic heterocycles. The van der Waals surface area contributed by atoms with Gasteiger partial charge in [0.05, 0.1) is 28.1 Å². The van der Waals surface area contributed by atoms with Gasteiger partial charge in [-0.05, 0) is 89.7 Å². The maximum Gasteiger partial charge on any atom is 0.230 e. The molecule has 0 N–H and O–H groups in total. The second kappa shape index (κ2) is 13.2. The molecule has 1 amide bonds. The van der Waals surface area contributed by atoms with Crippen molar-refractivity contribution in [1.82, 2.24) is 15.0 Å². The number of hydrogen-bond donors (Lipinski definition) is 0. The van der Waals surface area contributed by atoms with E-state index in [0.29, 0.717) is 48.3 Å². The van der Waals surface area contributed by atoms with Crippen LogP contribution in [0.3, 0.4) is 0 Å². The van der Waals surface area contributed by atoms with Crippen molar-refractivity contribution in [3.63, 3.8) is 0 Å². The highest BCUT2D eigenvalue weighted by atomic mass is 32.2. The first kappa shape index (κ1) is 33.1.